The van der Waals surface area contributed by atoms with Crippen LogP contribution < -0.4 is 9.47 Å². The number of nitrogens with one attached hydrogen (secondary N) is 1. The lowest BCUT2D eigenvalue weighted by molar-refractivity contribution is -0.387. The van der Waals surface area contributed by atoms with E-state index in [2.05, 4.69) is 19.9 Å². The fraction of sp³-hybridized carbons (Fsp3) is 0.318. The average Bonchev–Trinajstić information content (AvgIpc) is 3.37. The molecule has 1 amide bonds. The highest BCUT2D eigenvalue weighted by Gasteiger charge is 2.29. The maximum Gasteiger partial charge on any atom is 0.392 e. The van der Waals surface area contributed by atoms with Crippen LogP contribution in [0.5, 0.6) is 17.5 Å². The maximum atomic E-state index is 12.3. The van der Waals surface area contributed by atoms with E-state index in [4.69, 9.17) is 14.2 Å². The van der Waals surface area contributed by atoms with Crippen LogP contribution in [-0.4, -0.2) is 75.2 Å². The molecule has 0 bridgehead atoms. The van der Waals surface area contributed by atoms with E-state index >= 15 is 0 Å². The van der Waals surface area contributed by atoms with Crippen LogP contribution in [0, 0.1) is 10.1 Å². The van der Waals surface area contributed by atoms with Gasteiger partial charge in [-0.15, -0.1) is 0 Å². The molecule has 1 aromatic carbocycles. The van der Waals surface area contributed by atoms with E-state index in [1.807, 2.05) is 0 Å². The van der Waals surface area contributed by atoms with E-state index in [9.17, 15) is 19.7 Å². The maximum absolute atomic E-state index is 12.3. The van der Waals surface area contributed by atoms with E-state index < -0.39 is 29.1 Å². The third-order valence-corrected chi connectivity index (χ3v) is 5.15. The summed E-state index contributed by atoms with van der Waals surface area (Å²) in [6, 6.07) is 4.95. The minimum atomic E-state index is -0.757. The third kappa shape index (κ3) is 6.69. The minimum absolute atomic E-state index is 0.0632. The highest BCUT2D eigenvalue weighted by molar-refractivity contribution is 7.98. The van der Waals surface area contributed by atoms with Gasteiger partial charge in [0.2, 0.25) is 5.91 Å². The number of rotatable bonds is 11. The molecule has 0 aliphatic heterocycles. The van der Waals surface area contributed by atoms with Crippen LogP contribution in [0.1, 0.15) is 12.5 Å². The van der Waals surface area contributed by atoms with Gasteiger partial charge >= 0.3 is 23.4 Å². The zero-order valence-electron chi connectivity index (χ0n) is 20.0. The molecule has 0 atom stereocenters. The predicted octanol–water partition coefficient (Wildman–Crippen LogP) is 2.86. The van der Waals surface area contributed by atoms with Gasteiger partial charge in [0.15, 0.2) is 11.8 Å². The number of benzene rings is 1. The monoisotopic (exact) mass is 516 g/mol. The highest BCUT2D eigenvalue weighted by atomic mass is 32.2. The number of likely N-dealkylation sites (N-methyl/N-ethyl adjacent to an activating group) is 1. The van der Waals surface area contributed by atoms with Crippen LogP contribution in [0.2, 0.25) is 0 Å². The number of imidazole rings is 1. The van der Waals surface area contributed by atoms with Gasteiger partial charge in [0, 0.05) is 32.1 Å². The van der Waals surface area contributed by atoms with Crippen molar-refractivity contribution in [2.45, 2.75) is 18.5 Å². The molecule has 0 radical (unpaired) electrons. The number of H-pyrrole nitrogens is 1. The summed E-state index contributed by atoms with van der Waals surface area (Å²) in [5, 5.41) is 12.0. The van der Waals surface area contributed by atoms with E-state index in [1.165, 1.54) is 4.90 Å². The van der Waals surface area contributed by atoms with Crippen LogP contribution >= 0.6 is 11.8 Å². The summed E-state index contributed by atoms with van der Waals surface area (Å²) in [5.41, 5.74) is 0.532. The second kappa shape index (κ2) is 12.0. The Hall–Kier alpha value is -4.20. The zero-order chi connectivity index (χ0) is 26.2. The fourth-order valence-corrected chi connectivity index (χ4v) is 3.32. The average molecular weight is 517 g/mol. The minimum Gasteiger partial charge on any atom is -0.463 e. The molecule has 3 aromatic rings. The second-order valence-electron chi connectivity index (χ2n) is 7.39. The van der Waals surface area contributed by atoms with Crippen LogP contribution in [-0.2, 0) is 20.7 Å². The van der Waals surface area contributed by atoms with Crippen molar-refractivity contribution >= 4 is 29.3 Å². The lowest BCUT2D eigenvalue weighted by Gasteiger charge is -2.13. The molecule has 36 heavy (non-hydrogen) atoms. The number of carbonyl (C=O) groups is 2. The number of esters is 1. The molecule has 2 aromatic heterocycles. The Balaban J connectivity index is 2.04. The first kappa shape index (κ1) is 26.4. The van der Waals surface area contributed by atoms with Gasteiger partial charge in [-0.25, -0.2) is 9.78 Å². The third-order valence-electron chi connectivity index (χ3n) is 4.60. The van der Waals surface area contributed by atoms with E-state index in [0.717, 1.165) is 11.8 Å². The molecule has 14 heteroatoms. The molecule has 0 fully saturated rings. The van der Waals surface area contributed by atoms with Crippen LogP contribution in [0.25, 0.3) is 11.4 Å². The summed E-state index contributed by atoms with van der Waals surface area (Å²) in [7, 11) is 3.28. The molecule has 1 N–H and O–H groups in total. The second-order valence-corrected chi connectivity index (χ2v) is 8.16. The summed E-state index contributed by atoms with van der Waals surface area (Å²) >= 11 is 1.10. The number of thioether (sulfide) groups is 1. The van der Waals surface area contributed by atoms with Crippen molar-refractivity contribution in [3.63, 3.8) is 0 Å². The topological polar surface area (TPSA) is 163 Å². The molecular formula is C22H24N6O7S. The van der Waals surface area contributed by atoms with Crippen molar-refractivity contribution in [2.24, 2.45) is 0 Å². The SMILES string of the molecule is CCOC(=O)COc1nc(SC)nc(Oc2cc(CC(=O)N(C)C)cc(-c3ncc[nH]3)c2)c1[N+](=O)[O-]. The number of nitrogens with zero attached hydrogens (tertiary/aromatic N) is 5. The molecule has 190 valence electrons. The van der Waals surface area contributed by atoms with Gasteiger partial charge in [0.05, 0.1) is 18.0 Å². The van der Waals surface area contributed by atoms with Gasteiger partial charge < -0.3 is 24.1 Å². The van der Waals surface area contributed by atoms with Crippen molar-refractivity contribution in [3.05, 3.63) is 46.3 Å². The number of amides is 1. The van der Waals surface area contributed by atoms with Gasteiger partial charge in [-0.2, -0.15) is 9.97 Å². The lowest BCUT2D eigenvalue weighted by Crippen LogP contribution is -2.23. The van der Waals surface area contributed by atoms with Gasteiger partial charge in [0.25, 0.3) is 0 Å². The first-order chi connectivity index (χ1) is 17.2. The molecule has 2 heterocycles. The smallest absolute Gasteiger partial charge is 0.392 e. The number of ether oxygens (including phenoxy) is 3. The van der Waals surface area contributed by atoms with Gasteiger partial charge in [-0.1, -0.05) is 11.8 Å². The van der Waals surface area contributed by atoms with Crippen molar-refractivity contribution in [1.29, 1.82) is 0 Å². The highest BCUT2D eigenvalue weighted by Crippen LogP contribution is 2.38. The molecule has 0 aliphatic rings. The van der Waals surface area contributed by atoms with Crippen molar-refractivity contribution in [1.82, 2.24) is 24.8 Å². The van der Waals surface area contributed by atoms with Gasteiger partial charge in [-0.05, 0) is 36.9 Å². The number of aromatic nitrogens is 4. The zero-order valence-corrected chi connectivity index (χ0v) is 20.8. The molecule has 3 rings (SSSR count). The summed E-state index contributed by atoms with van der Waals surface area (Å²) in [6.45, 7) is 1.17. The standard InChI is InChI=1S/C22H24N6O7S/c1-5-33-17(30)12-34-20-18(28(31)32)21(26-22(25-20)36-4)35-15-9-13(10-16(29)27(2)3)8-14(11-15)19-23-6-7-24-19/h6-9,11H,5,10,12H2,1-4H3,(H,23,24). The summed E-state index contributed by atoms with van der Waals surface area (Å²) in [4.78, 5) is 52.0. The Kier molecular flexibility index (Phi) is 8.78. The van der Waals surface area contributed by atoms with Gasteiger partial charge in [-0.3, -0.25) is 14.9 Å². The summed E-state index contributed by atoms with van der Waals surface area (Å²) in [5.74, 6) is -0.993. The van der Waals surface area contributed by atoms with Crippen molar-refractivity contribution in [2.75, 3.05) is 33.6 Å². The number of hydrogen-bond donors (Lipinski definition) is 1. The number of nitro groups is 1. The lowest BCUT2D eigenvalue weighted by atomic mass is 10.1. The summed E-state index contributed by atoms with van der Waals surface area (Å²) < 4.78 is 16.0. The largest absolute Gasteiger partial charge is 0.463 e. The molecule has 0 aliphatic carbocycles. The fourth-order valence-electron chi connectivity index (χ4n) is 2.97. The van der Waals surface area contributed by atoms with Gasteiger partial charge in [0.1, 0.15) is 11.6 Å². The quantitative estimate of drug-likeness (QED) is 0.131. The van der Waals surface area contributed by atoms with Crippen LogP contribution in [0.4, 0.5) is 5.69 Å². The predicted molar refractivity (Wildman–Crippen MR) is 129 cm³/mol. The Morgan fingerprint density at radius 3 is 2.56 bits per heavy atom. The number of aromatic amines is 1. The molecule has 13 nitrogen and oxygen atoms in total. The van der Waals surface area contributed by atoms with Crippen LogP contribution in [0.3, 0.4) is 0 Å². The van der Waals surface area contributed by atoms with E-state index in [1.54, 1.807) is 57.9 Å². The Labute approximate surface area is 210 Å². The molecule has 0 spiro atoms. The Morgan fingerprint density at radius 2 is 1.94 bits per heavy atom. The number of carbonyl (C=O) groups excluding carboxylic acids is 2. The first-order valence-corrected chi connectivity index (χ1v) is 11.8. The Morgan fingerprint density at radius 1 is 1.19 bits per heavy atom. The molecule has 0 saturated heterocycles. The van der Waals surface area contributed by atoms with Crippen molar-refractivity contribution < 1.29 is 28.7 Å². The van der Waals surface area contributed by atoms with Crippen LogP contribution in [0.15, 0.2) is 35.7 Å². The normalized spacial score (nSPS) is 10.6. The number of hydrogen-bond acceptors (Lipinski definition) is 11. The molecule has 0 unspecified atom stereocenters. The molecular weight excluding hydrogens is 492 g/mol. The summed E-state index contributed by atoms with van der Waals surface area (Å²) in [6.07, 6.45) is 4.94. The molecule has 0 saturated carbocycles. The first-order valence-electron chi connectivity index (χ1n) is 10.6. The van der Waals surface area contributed by atoms with E-state index in [0.29, 0.717) is 17.0 Å². The van der Waals surface area contributed by atoms with Crippen molar-refractivity contribution in [3.8, 4) is 28.9 Å². The Bertz CT molecular complexity index is 1250. The van der Waals surface area contributed by atoms with E-state index in [-0.39, 0.29) is 35.7 Å².